The van der Waals surface area contributed by atoms with Crippen LogP contribution in [0.1, 0.15) is 24.4 Å². The molecule has 1 aliphatic rings. The number of aromatic amines is 1. The molecule has 136 valence electrons. The first kappa shape index (κ1) is 16.8. The molecule has 0 atom stereocenters. The van der Waals surface area contributed by atoms with Crippen molar-refractivity contribution < 1.29 is 4.74 Å². The number of fused-ring (bicyclic) bond motifs is 1. The molecule has 1 aromatic carbocycles. The molecule has 1 fully saturated rings. The lowest BCUT2D eigenvalue weighted by Crippen LogP contribution is -2.36. The zero-order chi connectivity index (χ0) is 18.1. The van der Waals surface area contributed by atoms with E-state index in [1.54, 1.807) is 7.11 Å². The Morgan fingerprint density at radius 3 is 2.65 bits per heavy atom. The molecule has 0 radical (unpaired) electrons. The van der Waals surface area contributed by atoms with Gasteiger partial charge in [0.25, 0.3) is 0 Å². The van der Waals surface area contributed by atoms with Gasteiger partial charge in [0.05, 0.1) is 11.6 Å². The standard InChI is InChI=1S/C19H24N6O/c1-12-10-18(24-23-12)22-19-16-5-4-14(11-17(16)20-13(2)21-19)25-8-6-15(26-3)7-9-25/h4-5,10-11,15H,6-9H2,1-3H3,(H2,20,21,22,23,24). The maximum Gasteiger partial charge on any atom is 0.153 e. The number of methoxy groups -OCH3 is 1. The summed E-state index contributed by atoms with van der Waals surface area (Å²) in [5.74, 6) is 2.28. The van der Waals surface area contributed by atoms with Crippen molar-refractivity contribution in [3.63, 3.8) is 0 Å². The van der Waals surface area contributed by atoms with Gasteiger partial charge in [-0.2, -0.15) is 5.10 Å². The highest BCUT2D eigenvalue weighted by Gasteiger charge is 2.19. The molecule has 1 saturated heterocycles. The maximum atomic E-state index is 5.47. The van der Waals surface area contributed by atoms with Crippen molar-refractivity contribution >= 4 is 28.2 Å². The van der Waals surface area contributed by atoms with E-state index in [4.69, 9.17) is 4.74 Å². The second kappa shape index (κ2) is 6.92. The summed E-state index contributed by atoms with van der Waals surface area (Å²) in [6, 6.07) is 8.35. The maximum absolute atomic E-state index is 5.47. The van der Waals surface area contributed by atoms with Gasteiger partial charge >= 0.3 is 0 Å². The van der Waals surface area contributed by atoms with Crippen LogP contribution in [0.3, 0.4) is 0 Å². The summed E-state index contributed by atoms with van der Waals surface area (Å²) < 4.78 is 5.47. The summed E-state index contributed by atoms with van der Waals surface area (Å²) in [5.41, 5.74) is 3.15. The second-order valence-electron chi connectivity index (χ2n) is 6.80. The van der Waals surface area contributed by atoms with E-state index in [1.165, 1.54) is 5.69 Å². The number of ether oxygens (including phenoxy) is 1. The van der Waals surface area contributed by atoms with Crippen molar-refractivity contribution in [3.8, 4) is 0 Å². The SMILES string of the molecule is COC1CCN(c2ccc3c(Nc4cc(C)[nH]n4)nc(C)nc3c2)CC1. The first-order valence-electron chi connectivity index (χ1n) is 8.97. The van der Waals surface area contributed by atoms with Crippen LogP contribution in [0.2, 0.25) is 0 Å². The first-order chi connectivity index (χ1) is 12.6. The smallest absolute Gasteiger partial charge is 0.153 e. The Hall–Kier alpha value is -2.67. The third kappa shape index (κ3) is 3.35. The van der Waals surface area contributed by atoms with Crippen LogP contribution in [0.5, 0.6) is 0 Å². The molecule has 7 nitrogen and oxygen atoms in total. The lowest BCUT2D eigenvalue weighted by Gasteiger charge is -2.33. The van der Waals surface area contributed by atoms with Crippen molar-refractivity contribution in [1.82, 2.24) is 20.2 Å². The van der Waals surface area contributed by atoms with Crippen molar-refractivity contribution in [1.29, 1.82) is 0 Å². The van der Waals surface area contributed by atoms with E-state index in [1.807, 2.05) is 19.9 Å². The van der Waals surface area contributed by atoms with Gasteiger partial charge in [-0.05, 0) is 44.9 Å². The van der Waals surface area contributed by atoms with Gasteiger partial charge in [0, 0.05) is 43.0 Å². The Balaban J connectivity index is 1.64. The van der Waals surface area contributed by atoms with E-state index < -0.39 is 0 Å². The van der Waals surface area contributed by atoms with Crippen LogP contribution in [0, 0.1) is 13.8 Å². The minimum absolute atomic E-state index is 0.379. The molecule has 2 N–H and O–H groups in total. The van der Waals surface area contributed by atoms with Crippen LogP contribution < -0.4 is 10.2 Å². The van der Waals surface area contributed by atoms with E-state index in [9.17, 15) is 0 Å². The molecule has 0 spiro atoms. The fourth-order valence-electron chi connectivity index (χ4n) is 3.48. The lowest BCUT2D eigenvalue weighted by atomic mass is 10.1. The predicted octanol–water partition coefficient (Wildman–Crippen LogP) is 3.33. The van der Waals surface area contributed by atoms with Crippen molar-refractivity contribution in [2.24, 2.45) is 0 Å². The van der Waals surface area contributed by atoms with Gasteiger partial charge in [-0.25, -0.2) is 9.97 Å². The summed E-state index contributed by atoms with van der Waals surface area (Å²) >= 11 is 0. The van der Waals surface area contributed by atoms with Crippen molar-refractivity contribution in [3.05, 3.63) is 35.8 Å². The number of aromatic nitrogens is 4. The minimum Gasteiger partial charge on any atom is -0.381 e. The van der Waals surface area contributed by atoms with E-state index in [-0.39, 0.29) is 0 Å². The Kier molecular flexibility index (Phi) is 4.46. The third-order valence-corrected chi connectivity index (χ3v) is 4.89. The molecule has 2 aromatic heterocycles. The number of H-pyrrole nitrogens is 1. The zero-order valence-electron chi connectivity index (χ0n) is 15.4. The molecular formula is C19H24N6O. The molecule has 1 aliphatic heterocycles. The quantitative estimate of drug-likeness (QED) is 0.750. The molecule has 0 saturated carbocycles. The number of piperidine rings is 1. The normalized spacial score (nSPS) is 15.6. The Labute approximate surface area is 152 Å². The molecule has 26 heavy (non-hydrogen) atoms. The minimum atomic E-state index is 0.379. The molecule has 0 amide bonds. The van der Waals surface area contributed by atoms with Gasteiger partial charge in [-0.3, -0.25) is 5.10 Å². The Morgan fingerprint density at radius 2 is 1.96 bits per heavy atom. The van der Waals surface area contributed by atoms with Crippen LogP contribution in [0.25, 0.3) is 10.9 Å². The fourth-order valence-corrected chi connectivity index (χ4v) is 3.48. The van der Waals surface area contributed by atoms with Crippen molar-refractivity contribution in [2.45, 2.75) is 32.8 Å². The summed E-state index contributed by atoms with van der Waals surface area (Å²) in [7, 11) is 1.80. The average molecular weight is 352 g/mol. The number of nitrogens with one attached hydrogen (secondary N) is 2. The molecular weight excluding hydrogens is 328 g/mol. The van der Waals surface area contributed by atoms with Gasteiger partial charge in [-0.1, -0.05) is 0 Å². The van der Waals surface area contributed by atoms with Gasteiger partial charge < -0.3 is 15.0 Å². The topological polar surface area (TPSA) is 79.0 Å². The molecule has 4 rings (SSSR count). The highest BCUT2D eigenvalue weighted by atomic mass is 16.5. The summed E-state index contributed by atoms with van der Waals surface area (Å²) in [5, 5.41) is 11.5. The monoisotopic (exact) mass is 352 g/mol. The molecule has 0 aliphatic carbocycles. The number of hydrogen-bond donors (Lipinski definition) is 2. The first-order valence-corrected chi connectivity index (χ1v) is 8.97. The Morgan fingerprint density at radius 1 is 1.15 bits per heavy atom. The van der Waals surface area contributed by atoms with Crippen LogP contribution in [0.15, 0.2) is 24.3 Å². The van der Waals surface area contributed by atoms with Gasteiger partial charge in [-0.15, -0.1) is 0 Å². The van der Waals surface area contributed by atoms with Crippen LogP contribution in [0.4, 0.5) is 17.3 Å². The number of benzene rings is 1. The lowest BCUT2D eigenvalue weighted by molar-refractivity contribution is 0.0819. The van der Waals surface area contributed by atoms with Crippen LogP contribution >= 0.6 is 0 Å². The van der Waals surface area contributed by atoms with Gasteiger partial charge in [0.1, 0.15) is 11.6 Å². The Bertz CT molecular complexity index is 914. The summed E-state index contributed by atoms with van der Waals surface area (Å²) in [4.78, 5) is 11.6. The molecule has 0 bridgehead atoms. The highest BCUT2D eigenvalue weighted by Crippen LogP contribution is 2.29. The molecule has 7 heteroatoms. The van der Waals surface area contributed by atoms with Crippen molar-refractivity contribution in [2.75, 3.05) is 30.4 Å². The van der Waals surface area contributed by atoms with E-state index in [0.29, 0.717) is 6.10 Å². The highest BCUT2D eigenvalue weighted by molar-refractivity contribution is 5.92. The summed E-state index contributed by atoms with van der Waals surface area (Å²) in [6.07, 6.45) is 2.50. The van der Waals surface area contributed by atoms with E-state index >= 15 is 0 Å². The number of aryl methyl sites for hydroxylation is 2. The number of nitrogens with zero attached hydrogens (tertiary/aromatic N) is 4. The van der Waals surface area contributed by atoms with Gasteiger partial charge in [0.15, 0.2) is 5.82 Å². The molecule has 0 unspecified atom stereocenters. The predicted molar refractivity (Wildman–Crippen MR) is 103 cm³/mol. The largest absolute Gasteiger partial charge is 0.381 e. The number of hydrogen-bond acceptors (Lipinski definition) is 6. The van der Waals surface area contributed by atoms with Crippen LogP contribution in [-0.2, 0) is 4.74 Å². The van der Waals surface area contributed by atoms with E-state index in [0.717, 1.165) is 60.0 Å². The van der Waals surface area contributed by atoms with E-state index in [2.05, 4.69) is 48.6 Å². The zero-order valence-corrected chi connectivity index (χ0v) is 15.4. The summed E-state index contributed by atoms with van der Waals surface area (Å²) in [6.45, 7) is 5.90. The van der Waals surface area contributed by atoms with Crippen LogP contribution in [-0.4, -0.2) is 46.5 Å². The van der Waals surface area contributed by atoms with Gasteiger partial charge in [0.2, 0.25) is 0 Å². The number of rotatable bonds is 4. The number of anilines is 3. The third-order valence-electron chi connectivity index (χ3n) is 4.89. The fraction of sp³-hybridized carbons (Fsp3) is 0.421. The average Bonchev–Trinajstić information content (AvgIpc) is 3.06. The molecule has 3 aromatic rings. The second-order valence-corrected chi connectivity index (χ2v) is 6.80. The molecule has 3 heterocycles.